The molecule has 0 aromatic heterocycles. The van der Waals surface area contributed by atoms with Gasteiger partial charge in [0.25, 0.3) is 0 Å². The number of nitrogens with zero attached hydrogens (tertiary/aromatic N) is 2. The van der Waals surface area contributed by atoms with Gasteiger partial charge in [0.05, 0.1) is 0 Å². The van der Waals surface area contributed by atoms with Crippen molar-refractivity contribution >= 4 is 22.7 Å². The first-order chi connectivity index (χ1) is 19.6. The van der Waals surface area contributed by atoms with Crippen LogP contribution in [0.1, 0.15) is 24.0 Å². The number of aryl methyl sites for hydroxylation is 2. The molecule has 198 valence electrons. The van der Waals surface area contributed by atoms with Crippen LogP contribution in [-0.2, 0) is 0 Å². The largest absolute Gasteiger partial charge is 0.325 e. The first-order valence-electron chi connectivity index (χ1n) is 14.2. The molecule has 0 bridgehead atoms. The van der Waals surface area contributed by atoms with Gasteiger partial charge in [0.2, 0.25) is 0 Å². The van der Waals surface area contributed by atoms with E-state index in [9.17, 15) is 0 Å². The minimum Gasteiger partial charge on any atom is -0.325 e. The maximum Gasteiger partial charge on any atom is 0.112 e. The van der Waals surface area contributed by atoms with Gasteiger partial charge in [-0.2, -0.15) is 0 Å². The fourth-order valence-corrected chi connectivity index (χ4v) is 6.29. The first kappa shape index (κ1) is 25.7. The van der Waals surface area contributed by atoms with Crippen molar-refractivity contribution in [1.29, 1.82) is 0 Å². The Bertz CT molecular complexity index is 1430. The number of benzene rings is 4. The Morgan fingerprint density at radius 2 is 0.775 bits per heavy atom. The molecule has 2 aliphatic carbocycles. The molecule has 0 N–H and O–H groups in total. The number of rotatable bonds is 7. The molecule has 0 radical (unpaired) electrons. The molecule has 4 aromatic rings. The highest BCUT2D eigenvalue weighted by Crippen LogP contribution is 2.51. The molecule has 0 heterocycles. The van der Waals surface area contributed by atoms with Gasteiger partial charge in [-0.05, 0) is 86.3 Å². The van der Waals surface area contributed by atoms with Crippen molar-refractivity contribution in [2.24, 2.45) is 0 Å². The second kappa shape index (κ2) is 10.9. The van der Waals surface area contributed by atoms with Gasteiger partial charge in [-0.15, -0.1) is 0 Å². The van der Waals surface area contributed by atoms with Crippen molar-refractivity contribution in [2.45, 2.75) is 37.8 Å². The Morgan fingerprint density at radius 3 is 1.12 bits per heavy atom. The second-order valence-electron chi connectivity index (χ2n) is 10.8. The Balaban J connectivity index is 1.71. The molecule has 2 aliphatic rings. The van der Waals surface area contributed by atoms with Gasteiger partial charge in [0, 0.05) is 22.7 Å². The standard InChI is InChI=1S/C38H36N2/c1-31-17-15-23-35(29-31)39(33-19-7-3-8-20-33)37(25-11-5-12-26-37)38(27-13-6-14-28-38)40(34-21-9-4-10-22-34)36-24-16-18-32(2)30-36/h3-4,7-30H,5-6H2,1-2H3. The van der Waals surface area contributed by atoms with Gasteiger partial charge in [-0.3, -0.25) is 0 Å². The third-order valence-electron chi connectivity index (χ3n) is 7.96. The highest BCUT2D eigenvalue weighted by atomic mass is 15.3. The molecule has 0 saturated carbocycles. The molecule has 0 atom stereocenters. The Kier molecular flexibility index (Phi) is 7.00. The molecule has 40 heavy (non-hydrogen) atoms. The molecular weight excluding hydrogens is 484 g/mol. The fraction of sp³-hybridized carbons (Fsp3) is 0.158. The molecule has 0 amide bonds. The fourth-order valence-electron chi connectivity index (χ4n) is 6.29. The van der Waals surface area contributed by atoms with E-state index in [1.54, 1.807) is 0 Å². The van der Waals surface area contributed by atoms with Crippen molar-refractivity contribution in [3.05, 3.63) is 169 Å². The predicted octanol–water partition coefficient (Wildman–Crippen LogP) is 9.79. The number of anilines is 4. The van der Waals surface area contributed by atoms with E-state index in [1.807, 2.05) is 0 Å². The number of hydrogen-bond donors (Lipinski definition) is 0. The van der Waals surface area contributed by atoms with Crippen molar-refractivity contribution in [3.63, 3.8) is 0 Å². The van der Waals surface area contributed by atoms with E-state index in [0.717, 1.165) is 35.6 Å². The van der Waals surface area contributed by atoms with Crippen molar-refractivity contribution in [2.75, 3.05) is 9.80 Å². The maximum atomic E-state index is 2.53. The van der Waals surface area contributed by atoms with Gasteiger partial charge < -0.3 is 9.80 Å². The molecule has 0 unspecified atom stereocenters. The lowest BCUT2D eigenvalue weighted by atomic mass is 9.68. The van der Waals surface area contributed by atoms with Crippen molar-refractivity contribution < 1.29 is 0 Å². The summed E-state index contributed by atoms with van der Waals surface area (Å²) in [5.74, 6) is 0. The SMILES string of the molecule is Cc1cccc(N(c2ccccc2)C2(C3(N(c4ccccc4)c4cccc(C)c4)C=CCC=C3)C=CCC=C2)c1. The molecule has 0 spiro atoms. The zero-order chi connectivity index (χ0) is 27.4. The molecule has 2 heteroatoms. The third kappa shape index (κ3) is 4.50. The van der Waals surface area contributed by atoms with Gasteiger partial charge in [0.15, 0.2) is 0 Å². The third-order valence-corrected chi connectivity index (χ3v) is 7.96. The minimum absolute atomic E-state index is 0.590. The van der Waals surface area contributed by atoms with Crippen molar-refractivity contribution in [3.8, 4) is 0 Å². The molecule has 4 aromatic carbocycles. The Morgan fingerprint density at radius 1 is 0.425 bits per heavy atom. The van der Waals surface area contributed by atoms with Gasteiger partial charge in [0.1, 0.15) is 11.1 Å². The zero-order valence-corrected chi connectivity index (χ0v) is 23.3. The minimum atomic E-state index is -0.590. The van der Waals surface area contributed by atoms with Gasteiger partial charge >= 0.3 is 0 Å². The predicted molar refractivity (Wildman–Crippen MR) is 171 cm³/mol. The van der Waals surface area contributed by atoms with Gasteiger partial charge in [-0.1, -0.05) is 109 Å². The maximum absolute atomic E-state index is 2.53. The quantitative estimate of drug-likeness (QED) is 0.224. The molecular formula is C38H36N2. The lowest BCUT2D eigenvalue weighted by molar-refractivity contribution is 0.447. The number of hydrogen-bond acceptors (Lipinski definition) is 2. The summed E-state index contributed by atoms with van der Waals surface area (Å²) in [5, 5.41) is 0. The lowest BCUT2D eigenvalue weighted by Gasteiger charge is -2.58. The first-order valence-corrected chi connectivity index (χ1v) is 14.2. The van der Waals surface area contributed by atoms with Crippen LogP contribution in [0.3, 0.4) is 0 Å². The second-order valence-corrected chi connectivity index (χ2v) is 10.8. The highest BCUT2D eigenvalue weighted by molar-refractivity contribution is 5.78. The molecule has 0 saturated heterocycles. The summed E-state index contributed by atoms with van der Waals surface area (Å²) in [7, 11) is 0. The van der Waals surface area contributed by atoms with E-state index in [4.69, 9.17) is 0 Å². The van der Waals surface area contributed by atoms with Crippen LogP contribution in [0.2, 0.25) is 0 Å². The van der Waals surface area contributed by atoms with E-state index in [0.29, 0.717) is 0 Å². The van der Waals surface area contributed by atoms with Crippen LogP contribution in [-0.4, -0.2) is 11.1 Å². The van der Waals surface area contributed by atoms with E-state index in [-0.39, 0.29) is 0 Å². The zero-order valence-electron chi connectivity index (χ0n) is 23.3. The summed E-state index contributed by atoms with van der Waals surface area (Å²) < 4.78 is 0. The van der Waals surface area contributed by atoms with Crippen molar-refractivity contribution in [1.82, 2.24) is 0 Å². The average molecular weight is 521 g/mol. The summed E-state index contributed by atoms with van der Waals surface area (Å²) in [6.45, 7) is 4.34. The molecule has 2 nitrogen and oxygen atoms in total. The van der Waals surface area contributed by atoms with Crippen LogP contribution in [0, 0.1) is 13.8 Å². The number of allylic oxidation sites excluding steroid dienone is 4. The van der Waals surface area contributed by atoms with E-state index in [2.05, 4.69) is 181 Å². The van der Waals surface area contributed by atoms with Crippen LogP contribution in [0.25, 0.3) is 0 Å². The van der Waals surface area contributed by atoms with Crippen LogP contribution < -0.4 is 9.80 Å². The van der Waals surface area contributed by atoms with Crippen LogP contribution in [0.5, 0.6) is 0 Å². The van der Waals surface area contributed by atoms with E-state index in [1.165, 1.54) is 11.1 Å². The Labute approximate surface area is 238 Å². The highest BCUT2D eigenvalue weighted by Gasteiger charge is 2.55. The van der Waals surface area contributed by atoms with E-state index < -0.39 is 11.1 Å². The summed E-state index contributed by atoms with van der Waals surface area (Å²) >= 11 is 0. The van der Waals surface area contributed by atoms with Crippen LogP contribution >= 0.6 is 0 Å². The summed E-state index contributed by atoms with van der Waals surface area (Å²) in [6.07, 6.45) is 20.8. The number of para-hydroxylation sites is 2. The topological polar surface area (TPSA) is 6.48 Å². The summed E-state index contributed by atoms with van der Waals surface area (Å²) in [6, 6.07) is 39.4. The summed E-state index contributed by atoms with van der Waals surface area (Å²) in [5.41, 5.74) is 5.90. The van der Waals surface area contributed by atoms with Crippen LogP contribution in [0.4, 0.5) is 22.7 Å². The van der Waals surface area contributed by atoms with Crippen LogP contribution in [0.15, 0.2) is 158 Å². The summed E-state index contributed by atoms with van der Waals surface area (Å²) in [4.78, 5) is 5.05. The normalized spacial score (nSPS) is 16.6. The lowest BCUT2D eigenvalue weighted by Crippen LogP contribution is -2.67. The molecule has 0 aliphatic heterocycles. The van der Waals surface area contributed by atoms with E-state index >= 15 is 0 Å². The average Bonchev–Trinajstić information content (AvgIpc) is 3.00. The smallest absolute Gasteiger partial charge is 0.112 e. The Hall–Kier alpha value is -4.56. The molecule has 0 fully saturated rings. The molecule has 6 rings (SSSR count). The van der Waals surface area contributed by atoms with Gasteiger partial charge in [-0.25, -0.2) is 0 Å². The monoisotopic (exact) mass is 520 g/mol.